The number of carbonyl (C=O) groups is 1. The van der Waals surface area contributed by atoms with Crippen molar-refractivity contribution in [2.45, 2.75) is 45.4 Å². The molecule has 0 saturated carbocycles. The van der Waals surface area contributed by atoms with Crippen molar-refractivity contribution in [1.29, 1.82) is 0 Å². The standard InChI is InChI=1S/C14H19BFNO4/c1-13(2)14(3,4)21-15(20-13)10-5-9(6-11(16)7-10)8-17-12(18)19/h5-7,17H,8H2,1-4H3,(H,18,19). The third-order valence-electron chi connectivity index (χ3n) is 3.95. The van der Waals surface area contributed by atoms with E-state index in [0.29, 0.717) is 11.0 Å². The highest BCUT2D eigenvalue weighted by Crippen LogP contribution is 2.36. The average Bonchev–Trinajstić information content (AvgIpc) is 2.55. The molecule has 0 spiro atoms. The van der Waals surface area contributed by atoms with Crippen LogP contribution >= 0.6 is 0 Å². The molecule has 0 unspecified atom stereocenters. The first-order valence-corrected chi connectivity index (χ1v) is 6.72. The quantitative estimate of drug-likeness (QED) is 0.836. The third-order valence-corrected chi connectivity index (χ3v) is 3.95. The van der Waals surface area contributed by atoms with Gasteiger partial charge >= 0.3 is 13.2 Å². The predicted molar refractivity (Wildman–Crippen MR) is 77.0 cm³/mol. The molecule has 21 heavy (non-hydrogen) atoms. The van der Waals surface area contributed by atoms with Gasteiger partial charge in [0.2, 0.25) is 0 Å². The lowest BCUT2D eigenvalue weighted by atomic mass is 9.78. The molecule has 2 rings (SSSR count). The molecule has 0 aliphatic carbocycles. The Morgan fingerprint density at radius 3 is 2.33 bits per heavy atom. The lowest BCUT2D eigenvalue weighted by Crippen LogP contribution is -2.41. The van der Waals surface area contributed by atoms with Gasteiger partial charge in [0.05, 0.1) is 11.2 Å². The average molecular weight is 295 g/mol. The van der Waals surface area contributed by atoms with E-state index in [0.717, 1.165) is 0 Å². The second-order valence-electron chi connectivity index (χ2n) is 6.14. The number of carboxylic acid groups (broad SMARTS) is 1. The minimum absolute atomic E-state index is 0.0274. The molecule has 1 amide bonds. The summed E-state index contributed by atoms with van der Waals surface area (Å²) in [6, 6.07) is 4.30. The molecule has 2 N–H and O–H groups in total. The van der Waals surface area contributed by atoms with Crippen LogP contribution in [0, 0.1) is 5.82 Å². The molecule has 1 saturated heterocycles. The Bertz CT molecular complexity index is 546. The van der Waals surface area contributed by atoms with Gasteiger partial charge in [-0.15, -0.1) is 0 Å². The van der Waals surface area contributed by atoms with E-state index < -0.39 is 30.2 Å². The molecule has 1 fully saturated rings. The Labute approximate surface area is 123 Å². The van der Waals surface area contributed by atoms with Crippen LogP contribution in [-0.4, -0.2) is 29.5 Å². The number of hydrogen-bond donors (Lipinski definition) is 2. The fourth-order valence-corrected chi connectivity index (χ4v) is 2.07. The van der Waals surface area contributed by atoms with Crippen LogP contribution in [0.5, 0.6) is 0 Å². The maximum atomic E-state index is 13.7. The molecule has 0 radical (unpaired) electrons. The Hall–Kier alpha value is -1.60. The van der Waals surface area contributed by atoms with E-state index in [1.807, 2.05) is 27.7 Å². The summed E-state index contributed by atoms with van der Waals surface area (Å²) >= 11 is 0. The van der Waals surface area contributed by atoms with Crippen LogP contribution in [0.15, 0.2) is 18.2 Å². The van der Waals surface area contributed by atoms with Crippen molar-refractivity contribution < 1.29 is 23.6 Å². The predicted octanol–water partition coefficient (Wildman–Crippen LogP) is 1.89. The smallest absolute Gasteiger partial charge is 0.465 e. The van der Waals surface area contributed by atoms with Crippen LogP contribution in [0.25, 0.3) is 0 Å². The van der Waals surface area contributed by atoms with Crippen molar-refractivity contribution in [2.75, 3.05) is 0 Å². The third kappa shape index (κ3) is 3.36. The SMILES string of the molecule is CC1(C)OB(c2cc(F)cc(CNC(=O)O)c2)OC1(C)C. The summed E-state index contributed by atoms with van der Waals surface area (Å²) in [5.41, 5.74) is 0.0327. The van der Waals surface area contributed by atoms with Gasteiger partial charge in [0.15, 0.2) is 0 Å². The van der Waals surface area contributed by atoms with E-state index in [1.54, 1.807) is 6.07 Å². The molecular weight excluding hydrogens is 276 g/mol. The zero-order chi connectivity index (χ0) is 15.8. The zero-order valence-corrected chi connectivity index (χ0v) is 12.6. The van der Waals surface area contributed by atoms with Crippen LogP contribution in [0.2, 0.25) is 0 Å². The summed E-state index contributed by atoms with van der Waals surface area (Å²) in [6.07, 6.45) is -1.16. The highest BCUT2D eigenvalue weighted by Gasteiger charge is 2.51. The van der Waals surface area contributed by atoms with Gasteiger partial charge in [0.1, 0.15) is 5.82 Å². The van der Waals surface area contributed by atoms with Crippen molar-refractivity contribution in [3.63, 3.8) is 0 Å². The van der Waals surface area contributed by atoms with E-state index >= 15 is 0 Å². The fraction of sp³-hybridized carbons (Fsp3) is 0.500. The van der Waals surface area contributed by atoms with Crippen LogP contribution in [0.3, 0.4) is 0 Å². The van der Waals surface area contributed by atoms with Gasteiger partial charge in [-0.2, -0.15) is 0 Å². The van der Waals surface area contributed by atoms with Gasteiger partial charge < -0.3 is 19.7 Å². The monoisotopic (exact) mass is 295 g/mol. The Morgan fingerprint density at radius 2 is 1.81 bits per heavy atom. The largest absolute Gasteiger partial charge is 0.494 e. The van der Waals surface area contributed by atoms with E-state index in [1.165, 1.54) is 12.1 Å². The van der Waals surface area contributed by atoms with Gasteiger partial charge in [-0.3, -0.25) is 0 Å². The van der Waals surface area contributed by atoms with Gasteiger partial charge in [0.25, 0.3) is 0 Å². The van der Waals surface area contributed by atoms with E-state index in [2.05, 4.69) is 5.32 Å². The van der Waals surface area contributed by atoms with Crippen LogP contribution in [0.1, 0.15) is 33.3 Å². The first kappa shape index (κ1) is 15.8. The van der Waals surface area contributed by atoms with Crippen LogP contribution in [-0.2, 0) is 15.9 Å². The van der Waals surface area contributed by atoms with Crippen molar-refractivity contribution in [1.82, 2.24) is 5.32 Å². The number of amides is 1. The van der Waals surface area contributed by atoms with E-state index in [9.17, 15) is 9.18 Å². The maximum absolute atomic E-state index is 13.7. The lowest BCUT2D eigenvalue weighted by molar-refractivity contribution is 0.00578. The summed E-state index contributed by atoms with van der Waals surface area (Å²) in [4.78, 5) is 10.5. The molecule has 0 atom stereocenters. The Morgan fingerprint density at radius 1 is 1.24 bits per heavy atom. The van der Waals surface area contributed by atoms with Crippen LogP contribution in [0.4, 0.5) is 9.18 Å². The lowest BCUT2D eigenvalue weighted by Gasteiger charge is -2.32. The van der Waals surface area contributed by atoms with Crippen molar-refractivity contribution in [2.24, 2.45) is 0 Å². The zero-order valence-electron chi connectivity index (χ0n) is 12.6. The summed E-state index contributed by atoms with van der Waals surface area (Å²) in [6.45, 7) is 7.69. The molecular formula is C14H19BFNO4. The molecule has 7 heteroatoms. The van der Waals surface area contributed by atoms with Crippen molar-refractivity contribution in [3.8, 4) is 0 Å². The topological polar surface area (TPSA) is 67.8 Å². The molecule has 1 aliphatic heterocycles. The van der Waals surface area contributed by atoms with Gasteiger partial charge in [-0.1, -0.05) is 6.07 Å². The Kier molecular flexibility index (Phi) is 3.99. The molecule has 1 aliphatic rings. The van der Waals surface area contributed by atoms with E-state index in [4.69, 9.17) is 14.4 Å². The van der Waals surface area contributed by atoms with Gasteiger partial charge in [-0.25, -0.2) is 9.18 Å². The molecule has 5 nitrogen and oxygen atoms in total. The molecule has 1 aromatic carbocycles. The first-order valence-electron chi connectivity index (χ1n) is 6.72. The molecule has 1 heterocycles. The summed E-state index contributed by atoms with van der Waals surface area (Å²) in [5, 5.41) is 10.8. The highest BCUT2D eigenvalue weighted by atomic mass is 19.1. The number of hydrogen-bond acceptors (Lipinski definition) is 3. The van der Waals surface area contributed by atoms with E-state index in [-0.39, 0.29) is 6.54 Å². The number of nitrogens with one attached hydrogen (secondary N) is 1. The number of halogens is 1. The molecule has 114 valence electrons. The normalized spacial score (nSPS) is 19.6. The second kappa shape index (κ2) is 5.31. The van der Waals surface area contributed by atoms with Gasteiger partial charge in [0, 0.05) is 6.54 Å². The fourth-order valence-electron chi connectivity index (χ4n) is 2.07. The summed E-state index contributed by atoms with van der Waals surface area (Å²) in [7, 11) is -0.672. The molecule has 1 aromatic rings. The Balaban J connectivity index is 2.23. The molecule has 0 aromatic heterocycles. The van der Waals surface area contributed by atoms with Crippen molar-refractivity contribution >= 4 is 18.7 Å². The number of rotatable bonds is 3. The first-order chi connectivity index (χ1) is 9.60. The van der Waals surface area contributed by atoms with Crippen LogP contribution < -0.4 is 10.8 Å². The second-order valence-corrected chi connectivity index (χ2v) is 6.14. The van der Waals surface area contributed by atoms with Gasteiger partial charge in [-0.05, 0) is 50.9 Å². The minimum Gasteiger partial charge on any atom is -0.465 e. The molecule has 0 bridgehead atoms. The summed E-state index contributed by atoms with van der Waals surface area (Å²) in [5.74, 6) is -0.454. The van der Waals surface area contributed by atoms with Crippen molar-refractivity contribution in [3.05, 3.63) is 29.6 Å². The maximum Gasteiger partial charge on any atom is 0.494 e. The summed E-state index contributed by atoms with van der Waals surface area (Å²) < 4.78 is 25.4. The number of benzene rings is 1. The minimum atomic E-state index is -1.16. The highest BCUT2D eigenvalue weighted by molar-refractivity contribution is 6.62.